The number of H-pyrrole nitrogens is 1. The summed E-state index contributed by atoms with van der Waals surface area (Å²) in [6.45, 7) is 0.819. The summed E-state index contributed by atoms with van der Waals surface area (Å²) in [4.78, 5) is 22.9. The van der Waals surface area contributed by atoms with E-state index in [-0.39, 0.29) is 17.5 Å². The van der Waals surface area contributed by atoms with E-state index < -0.39 is 30.2 Å². The number of thiazole rings is 1. The predicted octanol–water partition coefficient (Wildman–Crippen LogP) is 4.19. The Morgan fingerprint density at radius 2 is 2.13 bits per heavy atom. The summed E-state index contributed by atoms with van der Waals surface area (Å²) < 4.78 is 39.7. The number of benzene rings is 1. The van der Waals surface area contributed by atoms with Crippen LogP contribution in [0, 0.1) is 5.82 Å². The maximum Gasteiger partial charge on any atom is 0.270 e. The SMILES string of the molecule is O=C(c1cc2c(Cl)cc(F)cc2[nH]1)N1CCc2nc(NCC3(O)CC(F)(F)C3)sc2C1. The van der Waals surface area contributed by atoms with E-state index in [1.54, 1.807) is 11.0 Å². The van der Waals surface area contributed by atoms with E-state index >= 15 is 0 Å². The molecule has 1 saturated carbocycles. The van der Waals surface area contributed by atoms with Crippen molar-refractivity contribution in [1.29, 1.82) is 0 Å². The van der Waals surface area contributed by atoms with E-state index in [2.05, 4.69) is 15.3 Å². The fourth-order valence-corrected chi connectivity index (χ4v) is 5.45. The topological polar surface area (TPSA) is 81.2 Å². The van der Waals surface area contributed by atoms with Crippen LogP contribution in [0.4, 0.5) is 18.3 Å². The highest BCUT2D eigenvalue weighted by Crippen LogP contribution is 2.45. The van der Waals surface area contributed by atoms with Crippen molar-refractivity contribution in [2.24, 2.45) is 0 Å². The maximum absolute atomic E-state index is 13.6. The lowest BCUT2D eigenvalue weighted by molar-refractivity contribution is -0.197. The second-order valence-electron chi connectivity index (χ2n) is 8.18. The third-order valence-electron chi connectivity index (χ3n) is 5.65. The molecule has 2 aromatic heterocycles. The first-order valence-electron chi connectivity index (χ1n) is 9.71. The molecular formula is C20H18ClF3N4O2S. The Morgan fingerprint density at radius 3 is 2.87 bits per heavy atom. The van der Waals surface area contributed by atoms with Gasteiger partial charge in [0, 0.05) is 42.6 Å². The highest BCUT2D eigenvalue weighted by molar-refractivity contribution is 7.15. The zero-order valence-electron chi connectivity index (χ0n) is 16.1. The van der Waals surface area contributed by atoms with Crippen molar-refractivity contribution < 1.29 is 23.1 Å². The van der Waals surface area contributed by atoms with Gasteiger partial charge in [0.15, 0.2) is 5.13 Å². The molecule has 1 aromatic carbocycles. The third kappa shape index (κ3) is 3.88. The van der Waals surface area contributed by atoms with Gasteiger partial charge in [-0.2, -0.15) is 0 Å². The number of halogens is 4. The summed E-state index contributed by atoms with van der Waals surface area (Å²) in [7, 11) is 0. The summed E-state index contributed by atoms with van der Waals surface area (Å²) in [6.07, 6.45) is -0.561. The highest BCUT2D eigenvalue weighted by Gasteiger charge is 2.55. The Morgan fingerprint density at radius 1 is 1.35 bits per heavy atom. The van der Waals surface area contributed by atoms with Crippen molar-refractivity contribution in [3.05, 3.63) is 45.3 Å². The number of anilines is 1. The number of nitrogens with zero attached hydrogens (tertiary/aromatic N) is 2. The number of amides is 1. The van der Waals surface area contributed by atoms with Crippen molar-refractivity contribution in [2.75, 3.05) is 18.4 Å². The number of aliphatic hydroxyl groups is 1. The summed E-state index contributed by atoms with van der Waals surface area (Å²) in [5, 5.41) is 14.4. The van der Waals surface area contributed by atoms with Crippen LogP contribution >= 0.6 is 22.9 Å². The second kappa shape index (κ2) is 7.11. The van der Waals surface area contributed by atoms with Crippen LogP contribution < -0.4 is 5.32 Å². The lowest BCUT2D eigenvalue weighted by atomic mass is 9.76. The lowest BCUT2D eigenvalue weighted by Crippen LogP contribution is -2.55. The van der Waals surface area contributed by atoms with Crippen LogP contribution in [0.1, 0.15) is 33.9 Å². The van der Waals surface area contributed by atoms with Crippen LogP contribution in [0.15, 0.2) is 18.2 Å². The van der Waals surface area contributed by atoms with E-state index in [1.165, 1.54) is 23.5 Å². The number of rotatable bonds is 4. The number of carbonyl (C=O) groups excluding carboxylic acids is 1. The summed E-state index contributed by atoms with van der Waals surface area (Å²) in [5.41, 5.74) is 0.203. The average molecular weight is 471 g/mol. The molecule has 11 heteroatoms. The molecule has 1 aliphatic carbocycles. The largest absolute Gasteiger partial charge is 0.388 e. The quantitative estimate of drug-likeness (QED) is 0.534. The van der Waals surface area contributed by atoms with Crippen LogP contribution in [0.5, 0.6) is 0 Å². The summed E-state index contributed by atoms with van der Waals surface area (Å²) in [6, 6.07) is 4.11. The number of aromatic nitrogens is 2. The van der Waals surface area contributed by atoms with E-state index in [1.807, 2.05) is 0 Å². The average Bonchev–Trinajstić information content (AvgIpc) is 3.27. The van der Waals surface area contributed by atoms with Crippen molar-refractivity contribution >= 4 is 44.9 Å². The molecule has 0 spiro atoms. The van der Waals surface area contributed by atoms with Crippen molar-refractivity contribution in [3.63, 3.8) is 0 Å². The van der Waals surface area contributed by atoms with Crippen LogP contribution in [0.3, 0.4) is 0 Å². The fraction of sp³-hybridized carbons (Fsp3) is 0.400. The molecule has 2 aliphatic rings. The lowest BCUT2D eigenvalue weighted by Gasteiger charge is -2.43. The van der Waals surface area contributed by atoms with Gasteiger partial charge in [-0.3, -0.25) is 4.79 Å². The van der Waals surface area contributed by atoms with Gasteiger partial charge in [-0.25, -0.2) is 18.2 Å². The third-order valence-corrected chi connectivity index (χ3v) is 7.00. The number of alkyl halides is 2. The fourth-order valence-electron chi connectivity index (χ4n) is 4.17. The molecule has 0 saturated heterocycles. The highest BCUT2D eigenvalue weighted by atomic mass is 35.5. The first-order chi connectivity index (χ1) is 14.6. The minimum Gasteiger partial charge on any atom is -0.388 e. The van der Waals surface area contributed by atoms with Gasteiger partial charge in [-0.05, 0) is 18.2 Å². The molecular weight excluding hydrogens is 453 g/mol. The van der Waals surface area contributed by atoms with Crippen molar-refractivity contribution in [2.45, 2.75) is 37.3 Å². The molecule has 1 fully saturated rings. The van der Waals surface area contributed by atoms with Crippen molar-refractivity contribution in [3.8, 4) is 0 Å². The van der Waals surface area contributed by atoms with E-state index in [4.69, 9.17) is 11.6 Å². The molecule has 0 bridgehead atoms. The van der Waals surface area contributed by atoms with E-state index in [0.29, 0.717) is 41.2 Å². The predicted molar refractivity (Wildman–Crippen MR) is 111 cm³/mol. The molecule has 31 heavy (non-hydrogen) atoms. The number of carbonyl (C=O) groups is 1. The molecule has 1 aliphatic heterocycles. The standard InChI is InChI=1S/C20H18ClF3N4O2S/c21-12-3-10(22)4-14-11(12)5-15(26-14)17(29)28-2-1-13-16(6-28)31-18(27-13)25-9-19(30)7-20(23,24)8-19/h3-5,26,30H,1-2,6-9H2,(H,25,27). The van der Waals surface area contributed by atoms with Crippen LogP contribution in [0.25, 0.3) is 10.9 Å². The molecule has 0 radical (unpaired) electrons. The zero-order valence-corrected chi connectivity index (χ0v) is 17.7. The van der Waals surface area contributed by atoms with Gasteiger partial charge >= 0.3 is 0 Å². The number of nitrogens with one attached hydrogen (secondary N) is 2. The molecule has 164 valence electrons. The van der Waals surface area contributed by atoms with Gasteiger partial charge in [0.05, 0.1) is 28.4 Å². The smallest absolute Gasteiger partial charge is 0.270 e. The van der Waals surface area contributed by atoms with Crippen molar-refractivity contribution in [1.82, 2.24) is 14.9 Å². The minimum atomic E-state index is -2.81. The molecule has 3 N–H and O–H groups in total. The molecule has 3 heterocycles. The van der Waals surface area contributed by atoms with Gasteiger partial charge in [0.1, 0.15) is 11.5 Å². The molecule has 3 aromatic rings. The van der Waals surface area contributed by atoms with Gasteiger partial charge in [-0.15, -0.1) is 0 Å². The van der Waals surface area contributed by atoms with Gasteiger partial charge < -0.3 is 20.3 Å². The molecule has 1 amide bonds. The Bertz CT molecular complexity index is 1190. The number of fused-ring (bicyclic) bond motifs is 2. The number of hydrogen-bond acceptors (Lipinski definition) is 5. The molecule has 5 rings (SSSR count). The molecule has 0 unspecified atom stereocenters. The van der Waals surface area contributed by atoms with E-state index in [0.717, 1.165) is 10.6 Å². The van der Waals surface area contributed by atoms with E-state index in [9.17, 15) is 23.1 Å². The summed E-state index contributed by atoms with van der Waals surface area (Å²) >= 11 is 7.41. The monoisotopic (exact) mass is 470 g/mol. The van der Waals surface area contributed by atoms with Crippen LogP contribution in [-0.4, -0.2) is 50.5 Å². The Kier molecular flexibility index (Phi) is 4.72. The molecule has 0 atom stereocenters. The molecule has 6 nitrogen and oxygen atoms in total. The van der Waals surface area contributed by atoms with Gasteiger partial charge in [0.25, 0.3) is 11.8 Å². The number of hydrogen-bond donors (Lipinski definition) is 3. The second-order valence-corrected chi connectivity index (χ2v) is 9.68. The Balaban J connectivity index is 1.27. The maximum atomic E-state index is 13.6. The van der Waals surface area contributed by atoms with Crippen LogP contribution in [0.2, 0.25) is 5.02 Å². The first-order valence-corrected chi connectivity index (χ1v) is 10.9. The zero-order chi connectivity index (χ0) is 22.0. The Hall–Kier alpha value is -2.30. The minimum absolute atomic E-state index is 0.00398. The van der Waals surface area contributed by atoms with Gasteiger partial charge in [-0.1, -0.05) is 22.9 Å². The first kappa shape index (κ1) is 20.6. The number of aromatic amines is 1. The Labute approximate surface area is 184 Å². The van der Waals surface area contributed by atoms with Gasteiger partial charge in [0.2, 0.25) is 0 Å². The van der Waals surface area contributed by atoms with Crippen LogP contribution in [-0.2, 0) is 13.0 Å². The normalized spacial score (nSPS) is 19.2. The summed E-state index contributed by atoms with van der Waals surface area (Å²) in [5.74, 6) is -3.52.